The number of oxazole rings is 1. The first-order valence-corrected chi connectivity index (χ1v) is 23.1. The number of methoxy groups -OCH3 is 1. The Kier molecular flexibility index (Phi) is 17.0. The molecule has 5 heterocycles. The van der Waals surface area contributed by atoms with Crippen LogP contribution in [0, 0.1) is 24.7 Å². The van der Waals surface area contributed by atoms with Crippen molar-refractivity contribution in [2.24, 2.45) is 24.8 Å². The van der Waals surface area contributed by atoms with E-state index in [1.54, 1.807) is 41.5 Å². The predicted octanol–water partition coefficient (Wildman–Crippen LogP) is 3.77. The number of hydrogen-bond donors (Lipinski definition) is 5. The Morgan fingerprint density at radius 3 is 2.27 bits per heavy atom. The standard InChI is InChI=1S/C47H80N4O13/c1-16-35-47(11,57)39(53)29(6)50(13)23-25(2)21-45(9,56)41(27(4)38(28(5)43(55)62-35)63-36-22-46(10,58-15)40(54)31(8)60-36)64-44-37(52)34(20-26(3)59-44)51(14)24-32-30(7)61-42(48-32)33-18-17-19-49(33)12/h17-19,25-29,31,34-41,44,52-54,56-57H,16,20-24H2,1-15H3/t25-,26-,27+,28-,29-,31+,34+,35-,36+,37-,38+,39-,40+,41-,44+,45-,46-,47-/m1/s1. The minimum atomic E-state index is -1.83. The molecule has 0 aromatic carbocycles. The first-order valence-electron chi connectivity index (χ1n) is 23.1. The number of likely N-dealkylation sites (N-methyl/N-ethyl adjacent to an activating group) is 2. The number of ether oxygens (including phenoxy) is 6. The average molecular weight is 909 g/mol. The van der Waals surface area contributed by atoms with Gasteiger partial charge in [0, 0.05) is 57.9 Å². The summed E-state index contributed by atoms with van der Waals surface area (Å²) in [5, 5.41) is 59.5. The average Bonchev–Trinajstić information content (AvgIpc) is 3.82. The van der Waals surface area contributed by atoms with E-state index < -0.39 is 102 Å². The third kappa shape index (κ3) is 11.2. The molecule has 0 radical (unpaired) electrons. The number of aliphatic hydroxyl groups is 5. The summed E-state index contributed by atoms with van der Waals surface area (Å²) in [5.41, 5.74) is -2.94. The molecule has 366 valence electrons. The van der Waals surface area contributed by atoms with Gasteiger partial charge in [-0.25, -0.2) is 4.98 Å². The number of nitrogens with zero attached hydrogens (tertiary/aromatic N) is 4. The maximum atomic E-state index is 14.4. The van der Waals surface area contributed by atoms with E-state index in [-0.39, 0.29) is 31.3 Å². The van der Waals surface area contributed by atoms with Crippen molar-refractivity contribution in [3.8, 4) is 11.6 Å². The molecule has 17 nitrogen and oxygen atoms in total. The summed E-state index contributed by atoms with van der Waals surface area (Å²) in [6.07, 6.45) is -7.11. The summed E-state index contributed by atoms with van der Waals surface area (Å²) in [6, 6.07) is 2.84. The zero-order chi connectivity index (χ0) is 47.8. The van der Waals surface area contributed by atoms with E-state index in [0.29, 0.717) is 31.2 Å². The quantitative estimate of drug-likeness (QED) is 0.215. The van der Waals surface area contributed by atoms with Crippen molar-refractivity contribution >= 4 is 5.97 Å². The molecule has 5 N–H and O–H groups in total. The van der Waals surface area contributed by atoms with Crippen molar-refractivity contribution in [2.45, 2.75) is 199 Å². The Morgan fingerprint density at radius 1 is 0.984 bits per heavy atom. The fourth-order valence-corrected chi connectivity index (χ4v) is 10.4. The molecule has 64 heavy (non-hydrogen) atoms. The zero-order valence-corrected chi connectivity index (χ0v) is 40.9. The summed E-state index contributed by atoms with van der Waals surface area (Å²) in [4.78, 5) is 23.2. The number of cyclic esters (lactones) is 1. The van der Waals surface area contributed by atoms with Crippen molar-refractivity contribution in [2.75, 3.05) is 27.7 Å². The van der Waals surface area contributed by atoms with Gasteiger partial charge in [0.15, 0.2) is 12.6 Å². The van der Waals surface area contributed by atoms with Crippen molar-refractivity contribution in [3.05, 3.63) is 29.8 Å². The molecule has 2 aromatic rings. The Labute approximate surface area is 380 Å². The second kappa shape index (κ2) is 20.8. The van der Waals surface area contributed by atoms with Crippen LogP contribution in [0.4, 0.5) is 0 Å². The van der Waals surface area contributed by atoms with Gasteiger partial charge in [-0.3, -0.25) is 9.69 Å². The number of carbonyl (C=O) groups excluding carboxylic acids is 1. The molecule has 0 aliphatic carbocycles. The third-order valence-corrected chi connectivity index (χ3v) is 14.6. The highest BCUT2D eigenvalue weighted by Gasteiger charge is 2.53. The molecule has 5 rings (SSSR count). The van der Waals surface area contributed by atoms with E-state index in [1.165, 1.54) is 14.0 Å². The Hall–Kier alpha value is -2.52. The molecule has 2 aromatic heterocycles. The molecule has 3 aliphatic rings. The van der Waals surface area contributed by atoms with E-state index in [9.17, 15) is 30.3 Å². The highest BCUT2D eigenvalue weighted by Crippen LogP contribution is 2.40. The normalized spacial score (nSPS) is 42.6. The fraction of sp³-hybridized carbons (Fsp3) is 0.830. The minimum absolute atomic E-state index is 0.106. The zero-order valence-electron chi connectivity index (χ0n) is 40.9. The number of aromatic nitrogens is 2. The van der Waals surface area contributed by atoms with Gasteiger partial charge in [-0.1, -0.05) is 20.8 Å². The van der Waals surface area contributed by atoms with Crippen molar-refractivity contribution < 1.29 is 63.2 Å². The largest absolute Gasteiger partial charge is 0.459 e. The van der Waals surface area contributed by atoms with E-state index in [1.807, 2.05) is 81.5 Å². The lowest BCUT2D eigenvalue weighted by Gasteiger charge is -2.49. The number of aryl methyl sites for hydroxylation is 2. The van der Waals surface area contributed by atoms with E-state index in [4.69, 9.17) is 37.8 Å². The van der Waals surface area contributed by atoms with Gasteiger partial charge in [0.05, 0.1) is 47.2 Å². The first kappa shape index (κ1) is 52.4. The van der Waals surface area contributed by atoms with Crippen molar-refractivity contribution in [3.63, 3.8) is 0 Å². The molecule has 3 saturated heterocycles. The van der Waals surface area contributed by atoms with Gasteiger partial charge in [-0.15, -0.1) is 0 Å². The van der Waals surface area contributed by atoms with E-state index in [2.05, 4.69) is 0 Å². The van der Waals surface area contributed by atoms with Crippen LogP contribution >= 0.6 is 0 Å². The minimum Gasteiger partial charge on any atom is -0.459 e. The van der Waals surface area contributed by atoms with Gasteiger partial charge < -0.3 is 67.8 Å². The lowest BCUT2D eigenvalue weighted by molar-refractivity contribution is -0.318. The van der Waals surface area contributed by atoms with Gasteiger partial charge in [-0.05, 0) is 107 Å². The van der Waals surface area contributed by atoms with Crippen LogP contribution in [-0.4, -0.2) is 169 Å². The maximum Gasteiger partial charge on any atom is 0.311 e. The number of rotatable bonds is 10. The number of aliphatic hydroxyl groups excluding tert-OH is 3. The second-order valence-electron chi connectivity index (χ2n) is 20.1. The van der Waals surface area contributed by atoms with Crippen LogP contribution in [-0.2, 0) is 46.8 Å². The van der Waals surface area contributed by atoms with Gasteiger partial charge >= 0.3 is 5.97 Å². The maximum absolute atomic E-state index is 14.4. The molecule has 0 amide bonds. The van der Waals surface area contributed by atoms with Crippen LogP contribution in [0.25, 0.3) is 11.6 Å². The Bertz CT molecular complexity index is 1820. The molecule has 0 spiro atoms. The van der Waals surface area contributed by atoms with E-state index >= 15 is 0 Å². The van der Waals surface area contributed by atoms with Crippen LogP contribution in [0.1, 0.15) is 106 Å². The van der Waals surface area contributed by atoms with Crippen LogP contribution in [0.5, 0.6) is 0 Å². The van der Waals surface area contributed by atoms with Crippen molar-refractivity contribution in [1.82, 2.24) is 19.4 Å². The van der Waals surface area contributed by atoms with Crippen molar-refractivity contribution in [1.29, 1.82) is 0 Å². The highest BCUT2D eigenvalue weighted by atomic mass is 16.7. The summed E-state index contributed by atoms with van der Waals surface area (Å²) in [7, 11) is 7.18. The molecule has 17 heteroatoms. The van der Waals surface area contributed by atoms with Gasteiger partial charge in [-0.2, -0.15) is 0 Å². The van der Waals surface area contributed by atoms with Crippen LogP contribution in [0.2, 0.25) is 0 Å². The highest BCUT2D eigenvalue weighted by molar-refractivity contribution is 5.73. The molecule has 0 saturated carbocycles. The number of hydrogen-bond acceptors (Lipinski definition) is 16. The first-order chi connectivity index (χ1) is 29.8. The van der Waals surface area contributed by atoms with Crippen LogP contribution in [0.3, 0.4) is 0 Å². The van der Waals surface area contributed by atoms with Gasteiger partial charge in [0.25, 0.3) is 0 Å². The lowest BCUT2D eigenvalue weighted by Crippen LogP contribution is -2.60. The fourth-order valence-electron chi connectivity index (χ4n) is 10.4. The molecular weight excluding hydrogens is 829 g/mol. The molecule has 3 aliphatic heterocycles. The molecule has 0 unspecified atom stereocenters. The Balaban J connectivity index is 1.53. The molecular formula is C47H80N4O13. The number of esters is 1. The molecule has 0 bridgehead atoms. The number of carbonyl (C=O) groups is 1. The monoisotopic (exact) mass is 909 g/mol. The van der Waals surface area contributed by atoms with Gasteiger partial charge in [0.2, 0.25) is 5.89 Å². The SMILES string of the molecule is CC[C@H]1OC(=O)[C@H](C)[C@@H](O[C@H]2C[C@@](C)(OC)[C@@H](O)[C@H](C)O2)[C@H](C)[C@@H](O[C@@H]2O[C@H](C)C[C@H](N(C)Cc3nc(-c4cccn4C)oc3C)[C@H]2O)[C@](C)(O)C[C@@H](C)CN(C)[C@H](C)[C@@H](O)[C@]1(C)O. The second-order valence-corrected chi connectivity index (χ2v) is 20.1. The molecule has 3 fully saturated rings. The summed E-state index contributed by atoms with van der Waals surface area (Å²) >= 11 is 0. The van der Waals surface area contributed by atoms with Crippen LogP contribution < -0.4 is 0 Å². The topological polar surface area (TPSA) is 211 Å². The smallest absolute Gasteiger partial charge is 0.311 e. The molecule has 18 atom stereocenters. The summed E-state index contributed by atoms with van der Waals surface area (Å²) in [6.45, 7) is 20.2. The Morgan fingerprint density at radius 2 is 1.66 bits per heavy atom. The van der Waals surface area contributed by atoms with Gasteiger partial charge in [0.1, 0.15) is 41.5 Å². The predicted molar refractivity (Wildman–Crippen MR) is 238 cm³/mol. The summed E-state index contributed by atoms with van der Waals surface area (Å²) < 4.78 is 46.2. The van der Waals surface area contributed by atoms with E-state index in [0.717, 1.165) is 11.4 Å². The third-order valence-electron chi connectivity index (χ3n) is 14.6. The summed E-state index contributed by atoms with van der Waals surface area (Å²) in [5.74, 6) is -1.59. The lowest BCUT2D eigenvalue weighted by atomic mass is 9.77. The van der Waals surface area contributed by atoms with Crippen LogP contribution in [0.15, 0.2) is 22.7 Å².